The Bertz CT molecular complexity index is 559. The van der Waals surface area contributed by atoms with Crippen LogP contribution in [0.2, 0.25) is 0 Å². The average Bonchev–Trinajstić information content (AvgIpc) is 2.78. The molecule has 0 saturated carbocycles. The number of nitrogens with two attached hydrogens (primary N) is 1. The lowest BCUT2D eigenvalue weighted by Crippen LogP contribution is -1.88. The molecule has 0 atom stereocenters. The first-order chi connectivity index (χ1) is 9.09. The highest BCUT2D eigenvalue weighted by Gasteiger charge is 2.15. The standard InChI is InChI=1S/C13H10.C2H2F3N/c1-3-7-12-10(5-1)9-11-6-2-4-8-13(11)12;3-1(4)2(5)6/h1-8H,9H2;6H2. The minimum absolute atomic E-state index is 1.10. The second-order valence-electron chi connectivity index (χ2n) is 4.10. The SMILES string of the molecule is NC(F)=C(F)F.c1ccc2c(c1)Cc1ccccc1-2. The monoisotopic (exact) mass is 263 g/mol. The molecular weight excluding hydrogens is 251 g/mol. The summed E-state index contributed by atoms with van der Waals surface area (Å²) in [7, 11) is 0. The highest BCUT2D eigenvalue weighted by atomic mass is 19.3. The van der Waals surface area contributed by atoms with Crippen LogP contribution in [0.3, 0.4) is 0 Å². The largest absolute Gasteiger partial charge is 0.371 e. The Morgan fingerprint density at radius 3 is 1.53 bits per heavy atom. The third kappa shape index (κ3) is 2.96. The summed E-state index contributed by atoms with van der Waals surface area (Å²) in [5, 5.41) is 0. The van der Waals surface area contributed by atoms with Gasteiger partial charge in [0.05, 0.1) is 0 Å². The first-order valence-electron chi connectivity index (χ1n) is 5.72. The Balaban J connectivity index is 0.000000192. The molecule has 0 amide bonds. The van der Waals surface area contributed by atoms with E-state index in [1.165, 1.54) is 22.3 Å². The number of rotatable bonds is 0. The summed E-state index contributed by atoms with van der Waals surface area (Å²) >= 11 is 0. The van der Waals surface area contributed by atoms with Crippen LogP contribution in [0.25, 0.3) is 11.1 Å². The molecule has 1 aliphatic carbocycles. The molecular formula is C15H12F3N. The highest BCUT2D eigenvalue weighted by Crippen LogP contribution is 2.35. The van der Waals surface area contributed by atoms with Gasteiger partial charge in [0.25, 0.3) is 0 Å². The third-order valence-electron chi connectivity index (χ3n) is 2.89. The second kappa shape index (κ2) is 5.61. The zero-order valence-corrected chi connectivity index (χ0v) is 10.0. The average molecular weight is 263 g/mol. The van der Waals surface area contributed by atoms with Gasteiger partial charge in [-0.15, -0.1) is 0 Å². The van der Waals surface area contributed by atoms with Gasteiger partial charge in [0, 0.05) is 0 Å². The Morgan fingerprint density at radius 2 is 1.16 bits per heavy atom. The van der Waals surface area contributed by atoms with Gasteiger partial charge in [-0.3, -0.25) is 0 Å². The van der Waals surface area contributed by atoms with E-state index < -0.39 is 12.0 Å². The molecule has 2 aromatic carbocycles. The molecule has 0 spiro atoms. The summed E-state index contributed by atoms with van der Waals surface area (Å²) in [6.45, 7) is 0. The van der Waals surface area contributed by atoms with Crippen LogP contribution in [0.5, 0.6) is 0 Å². The minimum Gasteiger partial charge on any atom is -0.371 e. The van der Waals surface area contributed by atoms with Gasteiger partial charge in [-0.25, -0.2) is 0 Å². The lowest BCUT2D eigenvalue weighted by Gasteiger charge is -1.98. The van der Waals surface area contributed by atoms with Gasteiger partial charge in [0.15, 0.2) is 0 Å². The van der Waals surface area contributed by atoms with Crippen molar-refractivity contribution in [3.05, 3.63) is 71.7 Å². The van der Waals surface area contributed by atoms with Gasteiger partial charge in [0.1, 0.15) is 0 Å². The van der Waals surface area contributed by atoms with E-state index in [-0.39, 0.29) is 0 Å². The van der Waals surface area contributed by atoms with Crippen molar-refractivity contribution in [1.29, 1.82) is 0 Å². The fraction of sp³-hybridized carbons (Fsp3) is 0.0667. The van der Waals surface area contributed by atoms with Gasteiger partial charge in [-0.2, -0.15) is 13.2 Å². The van der Waals surface area contributed by atoms with E-state index in [9.17, 15) is 13.2 Å². The number of hydrogen-bond acceptors (Lipinski definition) is 1. The Morgan fingerprint density at radius 1 is 0.789 bits per heavy atom. The van der Waals surface area contributed by atoms with Crippen LogP contribution >= 0.6 is 0 Å². The molecule has 0 unspecified atom stereocenters. The number of hydrogen-bond donors (Lipinski definition) is 1. The number of benzene rings is 2. The minimum atomic E-state index is -2.46. The fourth-order valence-electron chi connectivity index (χ4n) is 2.08. The lowest BCUT2D eigenvalue weighted by atomic mass is 10.1. The molecule has 2 aromatic rings. The van der Waals surface area contributed by atoms with Crippen molar-refractivity contribution in [3.8, 4) is 11.1 Å². The first-order valence-corrected chi connectivity index (χ1v) is 5.72. The fourth-order valence-corrected chi connectivity index (χ4v) is 2.08. The normalized spacial score (nSPS) is 10.9. The van der Waals surface area contributed by atoms with E-state index in [2.05, 4.69) is 54.3 Å². The molecule has 0 bridgehead atoms. The van der Waals surface area contributed by atoms with Crippen LogP contribution in [0.4, 0.5) is 13.2 Å². The number of halogens is 3. The van der Waals surface area contributed by atoms with E-state index in [1.807, 2.05) is 0 Å². The molecule has 0 aromatic heterocycles. The van der Waals surface area contributed by atoms with Crippen molar-refractivity contribution in [2.45, 2.75) is 6.42 Å². The zero-order valence-electron chi connectivity index (χ0n) is 10.0. The van der Waals surface area contributed by atoms with Crippen molar-refractivity contribution in [1.82, 2.24) is 0 Å². The summed E-state index contributed by atoms with van der Waals surface area (Å²) in [5.74, 6) is -1.91. The summed E-state index contributed by atoms with van der Waals surface area (Å²) in [5.41, 5.74) is 9.65. The summed E-state index contributed by atoms with van der Waals surface area (Å²) in [4.78, 5) is 0. The maximum Gasteiger partial charge on any atom is 0.322 e. The van der Waals surface area contributed by atoms with Crippen LogP contribution in [-0.4, -0.2) is 0 Å². The van der Waals surface area contributed by atoms with Crippen molar-refractivity contribution >= 4 is 0 Å². The van der Waals surface area contributed by atoms with Crippen molar-refractivity contribution in [2.75, 3.05) is 0 Å². The molecule has 1 nitrogen and oxygen atoms in total. The van der Waals surface area contributed by atoms with E-state index in [4.69, 9.17) is 0 Å². The van der Waals surface area contributed by atoms with E-state index >= 15 is 0 Å². The Labute approximate surface area is 109 Å². The zero-order chi connectivity index (χ0) is 13.8. The summed E-state index contributed by atoms with van der Waals surface area (Å²) in [6, 6.07) is 17.3. The molecule has 1 aliphatic rings. The highest BCUT2D eigenvalue weighted by molar-refractivity contribution is 5.76. The molecule has 0 fully saturated rings. The molecule has 3 rings (SSSR count). The molecule has 4 heteroatoms. The summed E-state index contributed by atoms with van der Waals surface area (Å²) < 4.78 is 31.8. The van der Waals surface area contributed by atoms with Crippen LogP contribution in [0, 0.1) is 0 Å². The van der Waals surface area contributed by atoms with E-state index in [0.717, 1.165) is 6.42 Å². The van der Waals surface area contributed by atoms with Crippen molar-refractivity contribution in [2.24, 2.45) is 5.73 Å². The van der Waals surface area contributed by atoms with Crippen LogP contribution in [-0.2, 0) is 6.42 Å². The maximum absolute atomic E-state index is 10.7. The van der Waals surface area contributed by atoms with E-state index in [1.54, 1.807) is 0 Å². The van der Waals surface area contributed by atoms with Crippen molar-refractivity contribution in [3.63, 3.8) is 0 Å². The van der Waals surface area contributed by atoms with Crippen molar-refractivity contribution < 1.29 is 13.2 Å². The van der Waals surface area contributed by atoms with Gasteiger partial charge >= 0.3 is 6.08 Å². The molecule has 0 radical (unpaired) electrons. The van der Waals surface area contributed by atoms with Crippen LogP contribution in [0.1, 0.15) is 11.1 Å². The molecule has 0 heterocycles. The quantitative estimate of drug-likeness (QED) is 0.603. The van der Waals surface area contributed by atoms with E-state index in [0.29, 0.717) is 0 Å². The molecule has 0 aliphatic heterocycles. The summed E-state index contributed by atoms with van der Waals surface area (Å²) in [6.07, 6.45) is -1.36. The predicted octanol–water partition coefficient (Wildman–Crippen LogP) is 4.24. The smallest absolute Gasteiger partial charge is 0.322 e. The first kappa shape index (κ1) is 13.2. The Kier molecular flexibility index (Phi) is 3.90. The molecule has 98 valence electrons. The predicted molar refractivity (Wildman–Crippen MR) is 69.2 cm³/mol. The van der Waals surface area contributed by atoms with Crippen LogP contribution < -0.4 is 5.73 Å². The van der Waals surface area contributed by atoms with Gasteiger partial charge in [-0.05, 0) is 28.7 Å². The molecule has 19 heavy (non-hydrogen) atoms. The Hall–Kier alpha value is -2.23. The topological polar surface area (TPSA) is 26.0 Å². The maximum atomic E-state index is 10.7. The third-order valence-corrected chi connectivity index (χ3v) is 2.89. The molecule has 0 saturated heterocycles. The molecule has 2 N–H and O–H groups in total. The number of fused-ring (bicyclic) bond motifs is 3. The lowest BCUT2D eigenvalue weighted by molar-refractivity contribution is 0.377. The van der Waals surface area contributed by atoms with Gasteiger partial charge in [0.2, 0.25) is 5.95 Å². The van der Waals surface area contributed by atoms with Gasteiger partial charge < -0.3 is 5.73 Å². The second-order valence-corrected chi connectivity index (χ2v) is 4.10. The van der Waals surface area contributed by atoms with Crippen LogP contribution in [0.15, 0.2) is 60.6 Å². The van der Waals surface area contributed by atoms with Gasteiger partial charge in [-0.1, -0.05) is 48.5 Å².